The SMILES string of the molecule is CCc1cc(N2CCN(C(=O)C[C@H]3NC(=O)NC3=O)CC2)ncn1. The Morgan fingerprint density at radius 2 is 2.00 bits per heavy atom. The summed E-state index contributed by atoms with van der Waals surface area (Å²) in [5.74, 6) is 0.297. The number of hydrogen-bond acceptors (Lipinski definition) is 6. The molecule has 2 N–H and O–H groups in total. The van der Waals surface area contributed by atoms with E-state index in [-0.39, 0.29) is 12.3 Å². The Bertz CT molecular complexity index is 656. The molecule has 0 saturated carbocycles. The molecule has 9 nitrogen and oxygen atoms in total. The van der Waals surface area contributed by atoms with E-state index >= 15 is 0 Å². The van der Waals surface area contributed by atoms with Gasteiger partial charge in [0.05, 0.1) is 6.42 Å². The maximum absolute atomic E-state index is 12.3. The predicted molar refractivity (Wildman–Crippen MR) is 85.3 cm³/mol. The highest BCUT2D eigenvalue weighted by molar-refractivity contribution is 6.05. The van der Waals surface area contributed by atoms with Crippen molar-refractivity contribution in [3.8, 4) is 0 Å². The minimum Gasteiger partial charge on any atom is -0.353 e. The molecule has 1 aromatic rings. The number of urea groups is 1. The summed E-state index contributed by atoms with van der Waals surface area (Å²) in [5, 5.41) is 4.58. The molecule has 0 bridgehead atoms. The lowest BCUT2D eigenvalue weighted by Crippen LogP contribution is -2.50. The number of rotatable bonds is 4. The highest BCUT2D eigenvalue weighted by Crippen LogP contribution is 2.15. The predicted octanol–water partition coefficient (Wildman–Crippen LogP) is -0.714. The van der Waals surface area contributed by atoms with Gasteiger partial charge in [0.15, 0.2) is 0 Å². The third kappa shape index (κ3) is 3.44. The molecule has 128 valence electrons. The van der Waals surface area contributed by atoms with Crippen molar-refractivity contribution in [2.75, 3.05) is 31.1 Å². The third-order valence-corrected chi connectivity index (χ3v) is 4.27. The molecule has 0 aliphatic carbocycles. The molecule has 1 atom stereocenters. The molecule has 0 unspecified atom stereocenters. The summed E-state index contributed by atoms with van der Waals surface area (Å²) in [6.45, 7) is 4.52. The van der Waals surface area contributed by atoms with Crippen LogP contribution < -0.4 is 15.5 Å². The van der Waals surface area contributed by atoms with Gasteiger partial charge in [0.1, 0.15) is 18.2 Å². The van der Waals surface area contributed by atoms with Crippen LogP contribution >= 0.6 is 0 Å². The normalized spacial score (nSPS) is 20.8. The van der Waals surface area contributed by atoms with Crippen LogP contribution in [0.1, 0.15) is 19.0 Å². The summed E-state index contributed by atoms with van der Waals surface area (Å²) in [6.07, 6.45) is 2.40. The number of carbonyl (C=O) groups is 3. The minimum absolute atomic E-state index is 0.00887. The standard InChI is InChI=1S/C15H20N6O3/c1-2-10-7-12(17-9-16-10)20-3-5-21(6-4-20)13(22)8-11-14(23)19-15(24)18-11/h7,9,11H,2-6,8H2,1H3,(H2,18,19,23,24)/t11-/m1/s1. The van der Waals surface area contributed by atoms with E-state index in [4.69, 9.17) is 0 Å². The zero-order valence-corrected chi connectivity index (χ0v) is 13.5. The molecule has 2 fully saturated rings. The Hall–Kier alpha value is -2.71. The van der Waals surface area contributed by atoms with Crippen LogP contribution in [0.5, 0.6) is 0 Å². The van der Waals surface area contributed by atoms with E-state index in [1.165, 1.54) is 0 Å². The number of aryl methyl sites for hydroxylation is 1. The fourth-order valence-corrected chi connectivity index (χ4v) is 2.84. The van der Waals surface area contributed by atoms with Gasteiger partial charge in [-0.25, -0.2) is 14.8 Å². The quantitative estimate of drug-likeness (QED) is 0.705. The molecule has 2 aliphatic heterocycles. The summed E-state index contributed by atoms with van der Waals surface area (Å²) >= 11 is 0. The number of aromatic nitrogens is 2. The van der Waals surface area contributed by atoms with E-state index in [0.717, 1.165) is 17.9 Å². The highest BCUT2D eigenvalue weighted by atomic mass is 16.2. The lowest BCUT2D eigenvalue weighted by Gasteiger charge is -2.35. The van der Waals surface area contributed by atoms with Crippen LogP contribution in [0.15, 0.2) is 12.4 Å². The molecule has 0 spiro atoms. The number of nitrogens with zero attached hydrogens (tertiary/aromatic N) is 4. The number of piperazine rings is 1. The lowest BCUT2D eigenvalue weighted by atomic mass is 10.1. The second-order valence-electron chi connectivity index (χ2n) is 5.81. The summed E-state index contributed by atoms with van der Waals surface area (Å²) in [4.78, 5) is 47.2. The van der Waals surface area contributed by atoms with E-state index in [2.05, 4.69) is 25.5 Å². The Labute approximate surface area is 139 Å². The average Bonchev–Trinajstić information content (AvgIpc) is 2.92. The van der Waals surface area contributed by atoms with Crippen molar-refractivity contribution in [2.24, 2.45) is 0 Å². The van der Waals surface area contributed by atoms with Crippen LogP contribution in [-0.2, 0) is 16.0 Å². The highest BCUT2D eigenvalue weighted by Gasteiger charge is 2.33. The second kappa shape index (κ2) is 6.81. The van der Waals surface area contributed by atoms with Crippen LogP contribution in [0.25, 0.3) is 0 Å². The van der Waals surface area contributed by atoms with Crippen LogP contribution in [0, 0.1) is 0 Å². The first-order valence-corrected chi connectivity index (χ1v) is 8.02. The molecule has 4 amide bonds. The lowest BCUT2D eigenvalue weighted by molar-refractivity contribution is -0.134. The first kappa shape index (κ1) is 16.2. The molecule has 1 aromatic heterocycles. The van der Waals surface area contributed by atoms with Crippen molar-refractivity contribution in [1.82, 2.24) is 25.5 Å². The fourth-order valence-electron chi connectivity index (χ4n) is 2.84. The van der Waals surface area contributed by atoms with Crippen molar-refractivity contribution in [1.29, 1.82) is 0 Å². The Morgan fingerprint density at radius 1 is 1.25 bits per heavy atom. The van der Waals surface area contributed by atoms with Crippen molar-refractivity contribution in [3.63, 3.8) is 0 Å². The van der Waals surface area contributed by atoms with Gasteiger partial charge in [-0.2, -0.15) is 0 Å². The molecule has 3 rings (SSSR count). The van der Waals surface area contributed by atoms with Gasteiger partial charge in [-0.3, -0.25) is 14.9 Å². The number of hydrogen-bond donors (Lipinski definition) is 2. The smallest absolute Gasteiger partial charge is 0.322 e. The molecule has 2 aliphatic rings. The van der Waals surface area contributed by atoms with Crippen LogP contribution in [0.4, 0.5) is 10.6 Å². The van der Waals surface area contributed by atoms with Crippen LogP contribution in [-0.4, -0.2) is 64.9 Å². The second-order valence-corrected chi connectivity index (χ2v) is 5.81. The Morgan fingerprint density at radius 3 is 2.62 bits per heavy atom. The summed E-state index contributed by atoms with van der Waals surface area (Å²) in [5.41, 5.74) is 0.987. The number of carbonyl (C=O) groups excluding carboxylic acids is 3. The monoisotopic (exact) mass is 332 g/mol. The number of nitrogens with one attached hydrogen (secondary N) is 2. The zero-order valence-electron chi connectivity index (χ0n) is 13.5. The molecule has 2 saturated heterocycles. The minimum atomic E-state index is -0.767. The first-order chi connectivity index (χ1) is 11.6. The van der Waals surface area contributed by atoms with Crippen molar-refractivity contribution in [2.45, 2.75) is 25.8 Å². The third-order valence-electron chi connectivity index (χ3n) is 4.27. The van der Waals surface area contributed by atoms with E-state index in [1.54, 1.807) is 11.2 Å². The molecule has 0 radical (unpaired) electrons. The van der Waals surface area contributed by atoms with Gasteiger partial charge in [-0.15, -0.1) is 0 Å². The maximum atomic E-state index is 12.3. The zero-order chi connectivity index (χ0) is 17.1. The van der Waals surface area contributed by atoms with E-state index in [0.29, 0.717) is 26.2 Å². The molecular formula is C15H20N6O3. The Balaban J connectivity index is 1.53. The van der Waals surface area contributed by atoms with E-state index in [1.807, 2.05) is 13.0 Å². The van der Waals surface area contributed by atoms with Crippen molar-refractivity contribution in [3.05, 3.63) is 18.1 Å². The van der Waals surface area contributed by atoms with Gasteiger partial charge in [0, 0.05) is 37.9 Å². The van der Waals surface area contributed by atoms with E-state index in [9.17, 15) is 14.4 Å². The molecule has 24 heavy (non-hydrogen) atoms. The van der Waals surface area contributed by atoms with Gasteiger partial charge in [0.25, 0.3) is 5.91 Å². The van der Waals surface area contributed by atoms with Gasteiger partial charge in [-0.05, 0) is 6.42 Å². The molecule has 0 aromatic carbocycles. The van der Waals surface area contributed by atoms with Crippen LogP contribution in [0.3, 0.4) is 0 Å². The van der Waals surface area contributed by atoms with Gasteiger partial charge < -0.3 is 15.1 Å². The fraction of sp³-hybridized carbons (Fsp3) is 0.533. The summed E-state index contributed by atoms with van der Waals surface area (Å²) in [7, 11) is 0. The number of amides is 4. The number of imide groups is 1. The molecule has 9 heteroatoms. The first-order valence-electron chi connectivity index (χ1n) is 8.02. The van der Waals surface area contributed by atoms with Gasteiger partial charge in [-0.1, -0.05) is 6.92 Å². The Kier molecular flexibility index (Phi) is 4.59. The van der Waals surface area contributed by atoms with Crippen molar-refractivity contribution >= 4 is 23.7 Å². The maximum Gasteiger partial charge on any atom is 0.322 e. The van der Waals surface area contributed by atoms with Crippen LogP contribution in [0.2, 0.25) is 0 Å². The summed E-state index contributed by atoms with van der Waals surface area (Å²) in [6, 6.07) is 0.658. The van der Waals surface area contributed by atoms with Gasteiger partial charge in [0.2, 0.25) is 5.91 Å². The molecular weight excluding hydrogens is 312 g/mol. The average molecular weight is 332 g/mol. The van der Waals surface area contributed by atoms with Gasteiger partial charge >= 0.3 is 6.03 Å². The summed E-state index contributed by atoms with van der Waals surface area (Å²) < 4.78 is 0. The topological polar surface area (TPSA) is 108 Å². The van der Waals surface area contributed by atoms with Crippen molar-refractivity contribution < 1.29 is 14.4 Å². The largest absolute Gasteiger partial charge is 0.353 e. The number of anilines is 1. The molecule has 3 heterocycles. The van der Waals surface area contributed by atoms with E-state index < -0.39 is 18.0 Å².